The van der Waals surface area contributed by atoms with E-state index in [9.17, 15) is 4.79 Å². The standard InChI is InChI=1S/C9H10N2O2S/c10-11-9-6(4-5-8(12)13)2-1-3-7(9)14/h1-5,11,14H,10H2,(H,12,13)/b5-4+. The van der Waals surface area contributed by atoms with Crippen molar-refractivity contribution in [3.63, 3.8) is 0 Å². The third-order valence-corrected chi connectivity index (χ3v) is 2.00. The lowest BCUT2D eigenvalue weighted by atomic mass is 10.1. The van der Waals surface area contributed by atoms with Gasteiger partial charge in [0.2, 0.25) is 0 Å². The van der Waals surface area contributed by atoms with Gasteiger partial charge in [0.25, 0.3) is 0 Å². The summed E-state index contributed by atoms with van der Waals surface area (Å²) >= 11 is 4.17. The second kappa shape index (κ2) is 4.69. The molecular weight excluding hydrogens is 200 g/mol. The van der Waals surface area contributed by atoms with Gasteiger partial charge in [-0.15, -0.1) is 12.6 Å². The SMILES string of the molecule is NNc1c(S)cccc1/C=C/C(=O)O. The Bertz CT molecular complexity index is 377. The Hall–Kier alpha value is -1.46. The molecule has 0 atom stereocenters. The molecule has 0 amide bonds. The van der Waals surface area contributed by atoms with Crippen LogP contribution in [-0.4, -0.2) is 11.1 Å². The second-order valence-electron chi connectivity index (χ2n) is 2.56. The molecule has 5 heteroatoms. The van der Waals surface area contributed by atoms with Gasteiger partial charge in [-0.1, -0.05) is 12.1 Å². The lowest BCUT2D eigenvalue weighted by Crippen LogP contribution is -2.08. The summed E-state index contributed by atoms with van der Waals surface area (Å²) in [6.45, 7) is 0. The van der Waals surface area contributed by atoms with E-state index >= 15 is 0 Å². The van der Waals surface area contributed by atoms with Crippen molar-refractivity contribution in [3.05, 3.63) is 29.8 Å². The molecule has 14 heavy (non-hydrogen) atoms. The van der Waals surface area contributed by atoms with Gasteiger partial charge in [0.15, 0.2) is 0 Å². The molecule has 1 rings (SSSR count). The number of nitrogen functional groups attached to an aromatic ring is 1. The first-order valence-corrected chi connectivity index (χ1v) is 4.29. The highest BCUT2D eigenvalue weighted by Gasteiger charge is 2.01. The van der Waals surface area contributed by atoms with Gasteiger partial charge in [-0.05, 0) is 12.1 Å². The molecule has 0 aliphatic heterocycles. The van der Waals surface area contributed by atoms with Crippen molar-refractivity contribution in [2.75, 3.05) is 5.43 Å². The summed E-state index contributed by atoms with van der Waals surface area (Å²) in [5, 5.41) is 8.45. The molecule has 0 aliphatic carbocycles. The summed E-state index contributed by atoms with van der Waals surface area (Å²) in [7, 11) is 0. The van der Waals surface area contributed by atoms with Gasteiger partial charge in [0, 0.05) is 16.5 Å². The molecular formula is C9H10N2O2S. The zero-order valence-electron chi connectivity index (χ0n) is 7.27. The average molecular weight is 210 g/mol. The number of rotatable bonds is 3. The van der Waals surface area contributed by atoms with Crippen LogP contribution in [0.3, 0.4) is 0 Å². The summed E-state index contributed by atoms with van der Waals surface area (Å²) < 4.78 is 0. The number of hydrogen-bond donors (Lipinski definition) is 4. The predicted octanol–water partition coefficient (Wildman–Crippen LogP) is 1.36. The average Bonchev–Trinajstić information content (AvgIpc) is 2.14. The van der Waals surface area contributed by atoms with E-state index in [1.54, 1.807) is 18.2 Å². The molecule has 1 aromatic carbocycles. The van der Waals surface area contributed by atoms with Crippen LogP contribution in [-0.2, 0) is 4.79 Å². The van der Waals surface area contributed by atoms with Crippen molar-refractivity contribution < 1.29 is 9.90 Å². The second-order valence-corrected chi connectivity index (χ2v) is 3.04. The number of anilines is 1. The number of carboxylic acids is 1. The Balaban J connectivity index is 3.08. The fourth-order valence-electron chi connectivity index (χ4n) is 1.01. The first-order chi connectivity index (χ1) is 6.65. The van der Waals surface area contributed by atoms with Crippen LogP contribution in [0.4, 0.5) is 5.69 Å². The maximum absolute atomic E-state index is 10.3. The quantitative estimate of drug-likeness (QED) is 0.263. The number of nitrogens with one attached hydrogen (secondary N) is 1. The monoisotopic (exact) mass is 210 g/mol. The molecule has 0 saturated heterocycles. The van der Waals surface area contributed by atoms with Crippen LogP contribution < -0.4 is 11.3 Å². The van der Waals surface area contributed by atoms with Gasteiger partial charge in [0.05, 0.1) is 5.69 Å². The molecule has 0 radical (unpaired) electrons. The van der Waals surface area contributed by atoms with Crippen LogP contribution >= 0.6 is 12.6 Å². The minimum Gasteiger partial charge on any atom is -0.478 e. The molecule has 0 aromatic heterocycles. The normalized spacial score (nSPS) is 10.4. The Morgan fingerprint density at radius 1 is 1.57 bits per heavy atom. The predicted molar refractivity (Wildman–Crippen MR) is 58.2 cm³/mol. The lowest BCUT2D eigenvalue weighted by Gasteiger charge is -2.07. The molecule has 0 unspecified atom stereocenters. The third kappa shape index (κ3) is 2.51. The lowest BCUT2D eigenvalue weighted by molar-refractivity contribution is -0.131. The Labute approximate surface area is 86.8 Å². The van der Waals surface area contributed by atoms with E-state index < -0.39 is 5.97 Å². The van der Waals surface area contributed by atoms with Crippen LogP contribution in [0.2, 0.25) is 0 Å². The van der Waals surface area contributed by atoms with Gasteiger partial charge in [0.1, 0.15) is 0 Å². The summed E-state index contributed by atoms with van der Waals surface area (Å²) in [5.41, 5.74) is 3.75. The number of carboxylic acid groups (broad SMARTS) is 1. The van der Waals surface area contributed by atoms with E-state index in [1.807, 2.05) is 0 Å². The molecule has 0 spiro atoms. The molecule has 0 fully saturated rings. The third-order valence-electron chi connectivity index (χ3n) is 1.62. The molecule has 4 nitrogen and oxygen atoms in total. The molecule has 0 bridgehead atoms. The van der Waals surface area contributed by atoms with E-state index in [0.717, 1.165) is 6.08 Å². The van der Waals surface area contributed by atoms with E-state index in [-0.39, 0.29) is 0 Å². The van der Waals surface area contributed by atoms with E-state index in [1.165, 1.54) is 6.08 Å². The van der Waals surface area contributed by atoms with E-state index in [0.29, 0.717) is 16.1 Å². The Morgan fingerprint density at radius 3 is 2.86 bits per heavy atom. The van der Waals surface area contributed by atoms with Crippen molar-refractivity contribution >= 4 is 30.4 Å². The maximum Gasteiger partial charge on any atom is 0.328 e. The number of para-hydroxylation sites is 1. The van der Waals surface area contributed by atoms with Gasteiger partial charge in [-0.3, -0.25) is 5.84 Å². The van der Waals surface area contributed by atoms with Gasteiger partial charge < -0.3 is 10.5 Å². The molecule has 0 saturated carbocycles. The van der Waals surface area contributed by atoms with Crippen molar-refractivity contribution in [1.82, 2.24) is 0 Å². The van der Waals surface area contributed by atoms with Crippen LogP contribution in [0.25, 0.3) is 6.08 Å². The number of benzene rings is 1. The van der Waals surface area contributed by atoms with Crippen LogP contribution in [0.15, 0.2) is 29.2 Å². The Kier molecular flexibility index (Phi) is 3.55. The fourth-order valence-corrected chi connectivity index (χ4v) is 1.29. The fraction of sp³-hybridized carbons (Fsp3) is 0. The van der Waals surface area contributed by atoms with Gasteiger partial charge in [-0.2, -0.15) is 0 Å². The van der Waals surface area contributed by atoms with Gasteiger partial charge >= 0.3 is 5.97 Å². The summed E-state index contributed by atoms with van der Waals surface area (Å²) in [4.78, 5) is 11.0. The number of nitrogens with two attached hydrogens (primary N) is 1. The maximum atomic E-state index is 10.3. The first-order valence-electron chi connectivity index (χ1n) is 3.84. The smallest absolute Gasteiger partial charge is 0.328 e. The van der Waals surface area contributed by atoms with Crippen LogP contribution in [0.1, 0.15) is 5.56 Å². The first kappa shape index (κ1) is 10.6. The largest absolute Gasteiger partial charge is 0.478 e. The number of hydrazine groups is 1. The zero-order chi connectivity index (χ0) is 10.6. The minimum atomic E-state index is -1.00. The highest BCUT2D eigenvalue weighted by molar-refractivity contribution is 7.80. The van der Waals surface area contributed by atoms with Crippen LogP contribution in [0.5, 0.6) is 0 Å². The minimum absolute atomic E-state index is 0.605. The summed E-state index contributed by atoms with van der Waals surface area (Å²) in [5.74, 6) is 4.28. The van der Waals surface area contributed by atoms with Crippen LogP contribution in [0, 0.1) is 0 Å². The Morgan fingerprint density at radius 2 is 2.29 bits per heavy atom. The number of thiol groups is 1. The topological polar surface area (TPSA) is 75.3 Å². The molecule has 0 aliphatic rings. The number of carbonyl (C=O) groups is 1. The summed E-state index contributed by atoms with van der Waals surface area (Å²) in [6, 6.07) is 5.27. The van der Waals surface area contributed by atoms with Crippen molar-refractivity contribution in [2.24, 2.45) is 5.84 Å². The number of aliphatic carboxylic acids is 1. The highest BCUT2D eigenvalue weighted by atomic mass is 32.1. The van der Waals surface area contributed by atoms with Crippen molar-refractivity contribution in [1.29, 1.82) is 0 Å². The zero-order valence-corrected chi connectivity index (χ0v) is 8.16. The molecule has 1 aromatic rings. The highest BCUT2D eigenvalue weighted by Crippen LogP contribution is 2.24. The van der Waals surface area contributed by atoms with Crippen molar-refractivity contribution in [3.8, 4) is 0 Å². The van der Waals surface area contributed by atoms with E-state index in [4.69, 9.17) is 10.9 Å². The van der Waals surface area contributed by atoms with Crippen molar-refractivity contribution in [2.45, 2.75) is 4.90 Å². The molecule has 74 valence electrons. The molecule has 4 N–H and O–H groups in total. The van der Waals surface area contributed by atoms with E-state index in [2.05, 4.69) is 18.1 Å². The number of hydrogen-bond acceptors (Lipinski definition) is 4. The van der Waals surface area contributed by atoms with Gasteiger partial charge in [-0.25, -0.2) is 4.79 Å². The molecule has 0 heterocycles. The summed E-state index contributed by atoms with van der Waals surface area (Å²) in [6.07, 6.45) is 2.50.